The first-order valence-electron chi connectivity index (χ1n) is 9.29. The zero-order valence-corrected chi connectivity index (χ0v) is 17.9. The molecule has 2 aromatic heterocycles. The van der Waals surface area contributed by atoms with Crippen molar-refractivity contribution in [1.29, 1.82) is 0 Å². The molecule has 0 bridgehead atoms. The van der Waals surface area contributed by atoms with Crippen molar-refractivity contribution < 1.29 is 9.47 Å². The van der Waals surface area contributed by atoms with Crippen molar-refractivity contribution in [3.8, 4) is 22.9 Å². The largest absolute Gasteiger partial charge is 0.493 e. The van der Waals surface area contributed by atoms with Crippen LogP contribution >= 0.6 is 11.8 Å². The molecular weight excluding hydrogens is 402 g/mol. The maximum absolute atomic E-state index is 12.4. The third-order valence-electron chi connectivity index (χ3n) is 4.78. The van der Waals surface area contributed by atoms with E-state index in [2.05, 4.69) is 20.2 Å². The Bertz CT molecular complexity index is 1270. The number of hydrogen-bond donors (Lipinski definition) is 1. The summed E-state index contributed by atoms with van der Waals surface area (Å²) < 4.78 is 12.6. The fourth-order valence-electron chi connectivity index (χ4n) is 3.16. The van der Waals surface area contributed by atoms with E-state index in [4.69, 9.17) is 9.47 Å². The third-order valence-corrected chi connectivity index (χ3v) is 5.92. The average molecular weight is 423 g/mol. The van der Waals surface area contributed by atoms with Crippen LogP contribution in [0.2, 0.25) is 0 Å². The number of aromatic nitrogens is 5. The Labute approximate surface area is 177 Å². The highest BCUT2D eigenvalue weighted by Crippen LogP contribution is 2.35. The topological polar surface area (TPSA) is 94.9 Å². The lowest BCUT2D eigenvalue weighted by Gasteiger charge is -2.12. The highest BCUT2D eigenvalue weighted by molar-refractivity contribution is 7.99. The number of nitrogens with zero attached hydrogens (tertiary/aromatic N) is 4. The number of hydrogen-bond acceptors (Lipinski definition) is 7. The molecular formula is C21H21N5O3S. The van der Waals surface area contributed by atoms with Gasteiger partial charge in [0.15, 0.2) is 22.5 Å². The highest BCUT2D eigenvalue weighted by Gasteiger charge is 2.18. The molecule has 30 heavy (non-hydrogen) atoms. The van der Waals surface area contributed by atoms with Crippen LogP contribution in [0.3, 0.4) is 0 Å². The molecule has 0 unspecified atom stereocenters. The van der Waals surface area contributed by atoms with Crippen LogP contribution in [0.1, 0.15) is 18.0 Å². The normalized spacial score (nSPS) is 12.1. The van der Waals surface area contributed by atoms with Gasteiger partial charge in [0.25, 0.3) is 5.56 Å². The van der Waals surface area contributed by atoms with Crippen molar-refractivity contribution >= 4 is 22.7 Å². The molecule has 0 spiro atoms. The summed E-state index contributed by atoms with van der Waals surface area (Å²) in [7, 11) is 5.09. The fraction of sp³-hybridized carbons (Fsp3) is 0.238. The maximum atomic E-state index is 12.4. The molecule has 0 saturated heterocycles. The first kappa shape index (κ1) is 20.0. The second-order valence-electron chi connectivity index (χ2n) is 6.66. The minimum absolute atomic E-state index is 0.122. The van der Waals surface area contributed by atoms with Gasteiger partial charge in [0.05, 0.1) is 30.4 Å². The zero-order valence-electron chi connectivity index (χ0n) is 17.0. The molecule has 0 aliphatic carbocycles. The summed E-state index contributed by atoms with van der Waals surface area (Å²) in [4.78, 5) is 19.8. The van der Waals surface area contributed by atoms with E-state index in [1.807, 2.05) is 54.9 Å². The number of fused-ring (bicyclic) bond motifs is 1. The van der Waals surface area contributed by atoms with Crippen molar-refractivity contribution in [3.05, 3.63) is 58.6 Å². The Hall–Kier alpha value is -3.33. The molecule has 0 aliphatic rings. The third kappa shape index (κ3) is 3.63. The Morgan fingerprint density at radius 1 is 1.07 bits per heavy atom. The summed E-state index contributed by atoms with van der Waals surface area (Å²) in [6.45, 7) is 1.97. The van der Waals surface area contributed by atoms with Crippen molar-refractivity contribution in [3.63, 3.8) is 0 Å². The Morgan fingerprint density at radius 3 is 2.60 bits per heavy atom. The minimum atomic E-state index is -0.146. The van der Waals surface area contributed by atoms with Gasteiger partial charge in [-0.3, -0.25) is 4.79 Å². The van der Waals surface area contributed by atoms with Gasteiger partial charge in [-0.2, -0.15) is 0 Å². The van der Waals surface area contributed by atoms with Gasteiger partial charge in [-0.15, -0.1) is 10.2 Å². The van der Waals surface area contributed by atoms with E-state index in [1.165, 1.54) is 11.8 Å². The molecule has 8 nitrogen and oxygen atoms in total. The molecule has 9 heteroatoms. The number of aromatic amines is 1. The number of ether oxygens (including phenoxy) is 2. The predicted octanol–water partition coefficient (Wildman–Crippen LogP) is 3.59. The van der Waals surface area contributed by atoms with Gasteiger partial charge in [-0.25, -0.2) is 4.98 Å². The van der Waals surface area contributed by atoms with Gasteiger partial charge < -0.3 is 19.0 Å². The molecule has 0 fully saturated rings. The number of rotatable bonds is 6. The summed E-state index contributed by atoms with van der Waals surface area (Å²) >= 11 is 1.47. The van der Waals surface area contributed by atoms with Gasteiger partial charge in [-0.1, -0.05) is 23.9 Å². The van der Waals surface area contributed by atoms with E-state index in [-0.39, 0.29) is 10.8 Å². The van der Waals surface area contributed by atoms with Crippen LogP contribution in [0, 0.1) is 0 Å². The Morgan fingerprint density at radius 2 is 1.83 bits per heavy atom. The maximum Gasteiger partial charge on any atom is 0.258 e. The van der Waals surface area contributed by atoms with Crippen LogP contribution < -0.4 is 15.0 Å². The van der Waals surface area contributed by atoms with E-state index in [0.717, 1.165) is 5.56 Å². The Kier molecular flexibility index (Phi) is 5.45. The Balaban J connectivity index is 1.62. The van der Waals surface area contributed by atoms with E-state index in [1.54, 1.807) is 20.3 Å². The number of thioether (sulfide) groups is 1. The second-order valence-corrected chi connectivity index (χ2v) is 7.97. The number of nitrogens with one attached hydrogen (secondary N) is 1. The summed E-state index contributed by atoms with van der Waals surface area (Å²) in [5.41, 5.74) is 1.39. The number of benzene rings is 2. The monoisotopic (exact) mass is 423 g/mol. The van der Waals surface area contributed by atoms with Gasteiger partial charge in [0.2, 0.25) is 0 Å². The van der Waals surface area contributed by atoms with Gasteiger partial charge in [0.1, 0.15) is 5.82 Å². The lowest BCUT2D eigenvalue weighted by molar-refractivity contribution is 0.355. The van der Waals surface area contributed by atoms with Crippen LogP contribution in [0.5, 0.6) is 11.5 Å². The van der Waals surface area contributed by atoms with Gasteiger partial charge in [0, 0.05) is 12.6 Å². The van der Waals surface area contributed by atoms with Crippen molar-refractivity contribution in [2.24, 2.45) is 7.05 Å². The first-order valence-corrected chi connectivity index (χ1v) is 10.2. The average Bonchev–Trinajstić information content (AvgIpc) is 3.13. The fourth-order valence-corrected chi connectivity index (χ4v) is 4.03. The molecule has 154 valence electrons. The smallest absolute Gasteiger partial charge is 0.258 e. The first-order chi connectivity index (χ1) is 14.5. The van der Waals surface area contributed by atoms with Crippen molar-refractivity contribution in [1.82, 2.24) is 24.7 Å². The second kappa shape index (κ2) is 8.19. The molecule has 2 heterocycles. The van der Waals surface area contributed by atoms with Crippen LogP contribution in [-0.4, -0.2) is 39.0 Å². The van der Waals surface area contributed by atoms with Crippen LogP contribution in [0.4, 0.5) is 0 Å². The van der Waals surface area contributed by atoms with Gasteiger partial charge >= 0.3 is 0 Å². The van der Waals surface area contributed by atoms with Crippen LogP contribution in [-0.2, 0) is 7.05 Å². The molecule has 0 radical (unpaired) electrons. The van der Waals surface area contributed by atoms with Crippen molar-refractivity contribution in [2.75, 3.05) is 14.2 Å². The molecule has 1 atom stereocenters. The summed E-state index contributed by atoms with van der Waals surface area (Å²) in [6.07, 6.45) is 0. The summed E-state index contributed by atoms with van der Waals surface area (Å²) in [6, 6.07) is 12.9. The molecule has 0 saturated carbocycles. The molecule has 2 aromatic carbocycles. The van der Waals surface area contributed by atoms with E-state index >= 15 is 0 Å². The van der Waals surface area contributed by atoms with Gasteiger partial charge in [-0.05, 0) is 37.3 Å². The quantitative estimate of drug-likeness (QED) is 0.474. The van der Waals surface area contributed by atoms with E-state index in [9.17, 15) is 4.79 Å². The minimum Gasteiger partial charge on any atom is -0.493 e. The number of H-pyrrole nitrogens is 1. The lowest BCUT2D eigenvalue weighted by Crippen LogP contribution is -2.13. The highest BCUT2D eigenvalue weighted by atomic mass is 32.2. The molecule has 1 N–H and O–H groups in total. The molecule has 0 amide bonds. The molecule has 0 aliphatic heterocycles. The zero-order chi connectivity index (χ0) is 21.3. The van der Waals surface area contributed by atoms with Crippen molar-refractivity contribution in [2.45, 2.75) is 17.3 Å². The predicted molar refractivity (Wildman–Crippen MR) is 116 cm³/mol. The molecule has 4 aromatic rings. The summed E-state index contributed by atoms with van der Waals surface area (Å²) in [5, 5.41) is 9.83. The van der Waals surface area contributed by atoms with Crippen LogP contribution in [0.25, 0.3) is 22.3 Å². The molecule has 4 rings (SSSR count). The number of para-hydroxylation sites is 1. The summed E-state index contributed by atoms with van der Waals surface area (Å²) in [5.74, 6) is 2.57. The van der Waals surface area contributed by atoms with E-state index < -0.39 is 0 Å². The lowest BCUT2D eigenvalue weighted by atomic mass is 10.2. The number of methoxy groups -OCH3 is 2. The van der Waals surface area contributed by atoms with Crippen LogP contribution in [0.15, 0.2) is 52.4 Å². The standard InChI is InChI=1S/C21H21N5O3S/c1-12(18-22-15-8-6-5-7-14(15)20(27)23-18)30-21-25-24-19(26(21)2)13-9-10-16(28-3)17(11-13)29-4/h5-12H,1-4H3,(H,22,23,27)/t12-/m0/s1. The van der Waals surface area contributed by atoms with E-state index in [0.29, 0.717) is 39.2 Å². The SMILES string of the molecule is COc1ccc(-c2nnc(S[C@@H](C)c3nc4ccccc4c(=O)[nH]3)n2C)cc1OC.